The Morgan fingerprint density at radius 2 is 1.83 bits per heavy atom. The van der Waals surface area contributed by atoms with Crippen molar-refractivity contribution in [2.45, 2.75) is 6.42 Å². The van der Waals surface area contributed by atoms with Crippen molar-refractivity contribution in [3.63, 3.8) is 0 Å². The van der Waals surface area contributed by atoms with Crippen molar-refractivity contribution in [2.75, 3.05) is 6.54 Å². The van der Waals surface area contributed by atoms with Crippen LogP contribution in [0.25, 0.3) is 11.3 Å². The third kappa shape index (κ3) is 5.05. The Bertz CT molecular complexity index is 1210. The highest BCUT2D eigenvalue weighted by Crippen LogP contribution is 2.30. The fourth-order valence-electron chi connectivity index (χ4n) is 2.90. The first-order chi connectivity index (χ1) is 14.7. The fraction of sp³-hybridized carbons (Fsp3) is 0.0870. The number of halogens is 2. The largest absolute Gasteiger partial charge is 0.257 e. The van der Waals surface area contributed by atoms with E-state index in [1.807, 2.05) is 53.9 Å². The van der Waals surface area contributed by atoms with E-state index in [1.165, 1.54) is 16.9 Å². The smallest absolute Gasteiger partial charge is 0.206 e. The molecular formula is C23H18Cl2N4S. The number of hydrogen-bond donors (Lipinski definition) is 0. The van der Waals surface area contributed by atoms with E-state index in [1.54, 1.807) is 23.2 Å². The Morgan fingerprint density at radius 3 is 2.60 bits per heavy atom. The summed E-state index contributed by atoms with van der Waals surface area (Å²) in [6.07, 6.45) is 4.32. The lowest BCUT2D eigenvalue weighted by Crippen LogP contribution is -2.13. The van der Waals surface area contributed by atoms with Crippen LogP contribution in [-0.2, 0) is 6.42 Å². The minimum absolute atomic E-state index is 0.568. The monoisotopic (exact) mass is 452 g/mol. The van der Waals surface area contributed by atoms with Crippen LogP contribution in [0.4, 0.5) is 0 Å². The molecule has 0 saturated heterocycles. The molecular weight excluding hydrogens is 435 g/mol. The lowest BCUT2D eigenvalue weighted by atomic mass is 10.2. The second-order valence-electron chi connectivity index (χ2n) is 6.46. The average molecular weight is 453 g/mol. The summed E-state index contributed by atoms with van der Waals surface area (Å²) in [5.74, 6) is 0. The van der Waals surface area contributed by atoms with Gasteiger partial charge in [0.15, 0.2) is 0 Å². The molecule has 7 heteroatoms. The van der Waals surface area contributed by atoms with Crippen molar-refractivity contribution in [2.24, 2.45) is 10.1 Å². The van der Waals surface area contributed by atoms with Crippen molar-refractivity contribution < 1.29 is 0 Å². The number of hydrogen-bond acceptors (Lipinski definition) is 4. The van der Waals surface area contributed by atoms with Crippen molar-refractivity contribution >= 4 is 40.8 Å². The SMILES string of the molecule is Clc1ccc(-c2csc(=NCCc3ccccc3)n2N=Cc2ccccn2)c(Cl)c1. The van der Waals surface area contributed by atoms with Crippen LogP contribution in [0.3, 0.4) is 0 Å². The van der Waals surface area contributed by atoms with Gasteiger partial charge in [-0.05, 0) is 42.3 Å². The highest BCUT2D eigenvalue weighted by molar-refractivity contribution is 7.07. The highest BCUT2D eigenvalue weighted by atomic mass is 35.5. The first kappa shape index (κ1) is 20.5. The highest BCUT2D eigenvalue weighted by Gasteiger charge is 2.11. The zero-order chi connectivity index (χ0) is 20.8. The molecule has 0 N–H and O–H groups in total. The Labute approximate surface area is 188 Å². The molecule has 0 spiro atoms. The topological polar surface area (TPSA) is 42.5 Å². The molecule has 2 aromatic heterocycles. The quantitative estimate of drug-likeness (QED) is 0.333. The van der Waals surface area contributed by atoms with Crippen molar-refractivity contribution in [1.29, 1.82) is 0 Å². The summed E-state index contributed by atoms with van der Waals surface area (Å²) in [4.78, 5) is 9.88. The van der Waals surface area contributed by atoms with Crippen LogP contribution < -0.4 is 4.80 Å². The molecule has 4 aromatic rings. The van der Waals surface area contributed by atoms with Gasteiger partial charge in [0, 0.05) is 28.7 Å². The van der Waals surface area contributed by atoms with Gasteiger partial charge >= 0.3 is 0 Å². The first-order valence-corrected chi connectivity index (χ1v) is 11.0. The van der Waals surface area contributed by atoms with Gasteiger partial charge in [-0.15, -0.1) is 11.3 Å². The minimum atomic E-state index is 0.568. The van der Waals surface area contributed by atoms with E-state index in [-0.39, 0.29) is 0 Å². The number of nitrogens with zero attached hydrogens (tertiary/aromatic N) is 4. The summed E-state index contributed by atoms with van der Waals surface area (Å²) in [5, 5.41) is 7.82. The van der Waals surface area contributed by atoms with Gasteiger partial charge in [-0.3, -0.25) is 9.98 Å². The second-order valence-corrected chi connectivity index (χ2v) is 8.14. The number of rotatable bonds is 6. The van der Waals surface area contributed by atoms with E-state index in [9.17, 15) is 0 Å². The molecule has 0 aliphatic rings. The van der Waals surface area contributed by atoms with Crippen LogP contribution in [-0.4, -0.2) is 22.4 Å². The summed E-state index contributed by atoms with van der Waals surface area (Å²) < 4.78 is 1.81. The molecule has 0 atom stereocenters. The number of aromatic nitrogens is 2. The Balaban J connectivity index is 1.71. The van der Waals surface area contributed by atoms with Gasteiger partial charge in [0.25, 0.3) is 0 Å². The number of pyridine rings is 1. The van der Waals surface area contributed by atoms with Crippen molar-refractivity contribution in [3.8, 4) is 11.3 Å². The summed E-state index contributed by atoms with van der Waals surface area (Å²) in [5.41, 5.74) is 3.72. The summed E-state index contributed by atoms with van der Waals surface area (Å²) in [6, 6.07) is 21.5. The number of thiazole rings is 1. The Morgan fingerprint density at radius 1 is 1.00 bits per heavy atom. The standard InChI is InChI=1S/C23H18Cl2N4S/c24-18-9-10-20(21(25)14-18)22-16-30-23(27-13-11-17-6-2-1-3-7-17)29(22)28-15-19-8-4-5-12-26-19/h1-10,12,14-16H,11,13H2. The third-order valence-corrected chi connectivity index (χ3v) is 5.78. The molecule has 150 valence electrons. The van der Waals surface area contributed by atoms with Gasteiger partial charge in [-0.1, -0.05) is 59.6 Å². The predicted octanol–water partition coefficient (Wildman–Crippen LogP) is 5.94. The van der Waals surface area contributed by atoms with E-state index in [2.05, 4.69) is 22.2 Å². The van der Waals surface area contributed by atoms with Gasteiger partial charge < -0.3 is 0 Å². The molecule has 0 fully saturated rings. The number of benzene rings is 2. The molecule has 0 amide bonds. The molecule has 4 nitrogen and oxygen atoms in total. The first-order valence-electron chi connectivity index (χ1n) is 9.36. The molecule has 2 aromatic carbocycles. The van der Waals surface area contributed by atoms with Crippen LogP contribution in [0.2, 0.25) is 10.0 Å². The predicted molar refractivity (Wildman–Crippen MR) is 126 cm³/mol. The second kappa shape index (κ2) is 9.85. The van der Waals surface area contributed by atoms with E-state index >= 15 is 0 Å². The van der Waals surface area contributed by atoms with Gasteiger partial charge in [-0.2, -0.15) is 5.10 Å². The summed E-state index contributed by atoms with van der Waals surface area (Å²) in [6.45, 7) is 0.664. The van der Waals surface area contributed by atoms with E-state index in [0.717, 1.165) is 28.2 Å². The summed E-state index contributed by atoms with van der Waals surface area (Å²) >= 11 is 14.1. The van der Waals surface area contributed by atoms with Gasteiger partial charge in [-0.25, -0.2) is 4.68 Å². The molecule has 0 radical (unpaired) electrons. The normalized spacial score (nSPS) is 12.0. The van der Waals surface area contributed by atoms with Gasteiger partial charge in [0.2, 0.25) is 4.80 Å². The van der Waals surface area contributed by atoms with Gasteiger partial charge in [0.1, 0.15) is 0 Å². The average Bonchev–Trinajstić information content (AvgIpc) is 3.16. The van der Waals surface area contributed by atoms with Crippen LogP contribution in [0, 0.1) is 0 Å². The summed E-state index contributed by atoms with van der Waals surface area (Å²) in [7, 11) is 0. The Hall–Kier alpha value is -2.73. The van der Waals surface area contributed by atoms with E-state index in [4.69, 9.17) is 28.2 Å². The molecule has 0 aliphatic carbocycles. The van der Waals surface area contributed by atoms with Crippen molar-refractivity contribution in [1.82, 2.24) is 9.66 Å². The Kier molecular flexibility index (Phi) is 6.74. The maximum atomic E-state index is 6.46. The van der Waals surface area contributed by atoms with Crippen LogP contribution in [0.15, 0.2) is 88.4 Å². The molecule has 0 saturated carbocycles. The van der Waals surface area contributed by atoms with Crippen LogP contribution in [0.5, 0.6) is 0 Å². The zero-order valence-corrected chi connectivity index (χ0v) is 18.3. The maximum absolute atomic E-state index is 6.46. The van der Waals surface area contributed by atoms with Gasteiger partial charge in [0.05, 0.1) is 22.6 Å². The lowest BCUT2D eigenvalue weighted by Gasteiger charge is -2.06. The zero-order valence-electron chi connectivity index (χ0n) is 16.0. The molecule has 4 rings (SSSR count). The van der Waals surface area contributed by atoms with E-state index in [0.29, 0.717) is 16.6 Å². The molecule has 0 unspecified atom stereocenters. The maximum Gasteiger partial charge on any atom is 0.206 e. The van der Waals surface area contributed by atoms with Crippen molar-refractivity contribution in [3.05, 3.63) is 104 Å². The lowest BCUT2D eigenvalue weighted by molar-refractivity contribution is 0.816. The molecule has 0 aliphatic heterocycles. The molecule has 0 bridgehead atoms. The molecule has 2 heterocycles. The third-order valence-electron chi connectivity index (χ3n) is 4.38. The van der Waals surface area contributed by atoms with Crippen LogP contribution >= 0.6 is 34.5 Å². The van der Waals surface area contributed by atoms with Crippen LogP contribution in [0.1, 0.15) is 11.3 Å². The molecule has 30 heavy (non-hydrogen) atoms. The van der Waals surface area contributed by atoms with E-state index < -0.39 is 0 Å². The minimum Gasteiger partial charge on any atom is -0.257 e. The fourth-order valence-corrected chi connectivity index (χ4v) is 4.26.